The molecular formula is C18H14F3N3O2S. The van der Waals surface area contributed by atoms with E-state index in [1.54, 1.807) is 25.1 Å². The molecule has 0 saturated heterocycles. The summed E-state index contributed by atoms with van der Waals surface area (Å²) in [4.78, 5) is 17.2. The molecule has 0 unspecified atom stereocenters. The fraction of sp³-hybridized carbons (Fsp3) is 0.167. The highest BCUT2D eigenvalue weighted by atomic mass is 32.1. The van der Waals surface area contributed by atoms with E-state index < -0.39 is 17.6 Å². The Morgan fingerprint density at radius 1 is 1.22 bits per heavy atom. The van der Waals surface area contributed by atoms with E-state index in [0.29, 0.717) is 25.9 Å². The molecule has 0 radical (unpaired) electrons. The lowest BCUT2D eigenvalue weighted by atomic mass is 10.1. The molecule has 0 aliphatic heterocycles. The molecule has 0 saturated carbocycles. The second-order valence-corrected chi connectivity index (χ2v) is 6.90. The number of amides is 1. The molecule has 0 spiro atoms. The van der Waals surface area contributed by atoms with Gasteiger partial charge in [-0.2, -0.15) is 17.9 Å². The summed E-state index contributed by atoms with van der Waals surface area (Å²) < 4.78 is 38.6. The van der Waals surface area contributed by atoms with Crippen LogP contribution in [0.15, 0.2) is 48.7 Å². The van der Waals surface area contributed by atoms with E-state index >= 15 is 0 Å². The monoisotopic (exact) mass is 393 g/mol. The van der Waals surface area contributed by atoms with Crippen molar-refractivity contribution in [1.82, 2.24) is 10.3 Å². The van der Waals surface area contributed by atoms with Crippen molar-refractivity contribution < 1.29 is 22.7 Å². The summed E-state index contributed by atoms with van der Waals surface area (Å²) in [5, 5.41) is 14.7. The standard InChI is InChI=1S/C18H14F3N3O2S/c1-11-15(16(25)22-10-14-4-2-3-9-24(14)26)23-17(27-11)12-5-7-13(8-6-12)18(19,20)21/h2-9H,10H2,1H3,(H,22,25). The van der Waals surface area contributed by atoms with Gasteiger partial charge in [0.2, 0.25) is 5.69 Å². The number of rotatable bonds is 4. The van der Waals surface area contributed by atoms with Gasteiger partial charge >= 0.3 is 6.18 Å². The second kappa shape index (κ2) is 7.36. The first kappa shape index (κ1) is 18.8. The molecule has 0 fully saturated rings. The molecule has 0 aliphatic carbocycles. The summed E-state index contributed by atoms with van der Waals surface area (Å²) in [6.07, 6.45) is -3.07. The number of aryl methyl sites for hydroxylation is 1. The van der Waals surface area contributed by atoms with Crippen LogP contribution in [0.25, 0.3) is 10.6 Å². The number of carbonyl (C=O) groups is 1. The zero-order valence-corrected chi connectivity index (χ0v) is 14.9. The lowest BCUT2D eigenvalue weighted by Crippen LogP contribution is -2.35. The number of aromatic nitrogens is 2. The third-order valence-electron chi connectivity index (χ3n) is 3.81. The van der Waals surface area contributed by atoms with Crippen LogP contribution in [0.3, 0.4) is 0 Å². The molecule has 140 valence electrons. The number of carbonyl (C=O) groups excluding carboxylic acids is 1. The summed E-state index contributed by atoms with van der Waals surface area (Å²) in [5.41, 5.74) is 0.312. The molecule has 3 aromatic rings. The maximum atomic E-state index is 12.7. The van der Waals surface area contributed by atoms with Gasteiger partial charge in [-0.1, -0.05) is 12.1 Å². The third-order valence-corrected chi connectivity index (χ3v) is 4.83. The van der Waals surface area contributed by atoms with Crippen LogP contribution < -0.4 is 10.0 Å². The molecule has 1 N–H and O–H groups in total. The Labute approximate surface area is 156 Å². The van der Waals surface area contributed by atoms with Crippen molar-refractivity contribution in [2.45, 2.75) is 19.6 Å². The number of halogens is 3. The van der Waals surface area contributed by atoms with E-state index in [2.05, 4.69) is 10.3 Å². The molecule has 1 amide bonds. The smallest absolute Gasteiger partial charge is 0.416 e. The Morgan fingerprint density at radius 2 is 1.93 bits per heavy atom. The van der Waals surface area contributed by atoms with Gasteiger partial charge in [0.05, 0.1) is 5.56 Å². The van der Waals surface area contributed by atoms with Crippen molar-refractivity contribution in [3.8, 4) is 10.6 Å². The SMILES string of the molecule is Cc1sc(-c2ccc(C(F)(F)F)cc2)nc1C(=O)NCc1cccc[n+]1[O-]. The van der Waals surface area contributed by atoms with Crippen molar-refractivity contribution in [2.75, 3.05) is 0 Å². The second-order valence-electron chi connectivity index (χ2n) is 5.70. The van der Waals surface area contributed by atoms with Crippen molar-refractivity contribution in [3.63, 3.8) is 0 Å². The minimum atomic E-state index is -4.40. The fourth-order valence-electron chi connectivity index (χ4n) is 2.39. The average molecular weight is 393 g/mol. The van der Waals surface area contributed by atoms with Gasteiger partial charge < -0.3 is 10.5 Å². The molecule has 27 heavy (non-hydrogen) atoms. The van der Waals surface area contributed by atoms with Crippen LogP contribution in [0, 0.1) is 12.1 Å². The molecule has 3 rings (SSSR count). The Balaban J connectivity index is 1.76. The minimum absolute atomic E-state index is 0.0375. The number of thiazole rings is 1. The van der Waals surface area contributed by atoms with Crippen molar-refractivity contribution in [3.05, 3.63) is 75.7 Å². The molecule has 1 aromatic carbocycles. The van der Waals surface area contributed by atoms with Crippen molar-refractivity contribution in [2.24, 2.45) is 0 Å². The van der Waals surface area contributed by atoms with Crippen LogP contribution in [-0.2, 0) is 12.7 Å². The van der Waals surface area contributed by atoms with Gasteiger partial charge in [-0.3, -0.25) is 4.79 Å². The number of nitrogens with zero attached hydrogens (tertiary/aromatic N) is 2. The van der Waals surface area contributed by atoms with E-state index in [1.807, 2.05) is 0 Å². The summed E-state index contributed by atoms with van der Waals surface area (Å²) in [6, 6.07) is 9.48. The number of alkyl halides is 3. The van der Waals surface area contributed by atoms with Crippen LogP contribution in [0.1, 0.15) is 26.6 Å². The predicted octanol–water partition coefficient (Wildman–Crippen LogP) is 3.70. The van der Waals surface area contributed by atoms with Crippen molar-refractivity contribution >= 4 is 17.2 Å². The number of hydrogen-bond donors (Lipinski definition) is 1. The van der Waals surface area contributed by atoms with Crippen molar-refractivity contribution in [1.29, 1.82) is 0 Å². The summed E-state index contributed by atoms with van der Waals surface area (Å²) in [7, 11) is 0. The molecular weight excluding hydrogens is 379 g/mol. The highest BCUT2D eigenvalue weighted by Gasteiger charge is 2.30. The topological polar surface area (TPSA) is 68.9 Å². The zero-order valence-electron chi connectivity index (χ0n) is 14.1. The van der Waals surface area contributed by atoms with Gasteiger partial charge in [0, 0.05) is 22.6 Å². The number of pyridine rings is 1. The van der Waals surface area contributed by atoms with Crippen LogP contribution in [0.5, 0.6) is 0 Å². The Morgan fingerprint density at radius 3 is 2.56 bits per heavy atom. The highest BCUT2D eigenvalue weighted by Crippen LogP contribution is 2.32. The van der Waals surface area contributed by atoms with Gasteiger partial charge in [-0.05, 0) is 25.1 Å². The Bertz CT molecular complexity index is 969. The molecule has 0 atom stereocenters. The Kier molecular flexibility index (Phi) is 5.13. The van der Waals surface area contributed by atoms with Gasteiger partial charge in [0.1, 0.15) is 17.2 Å². The molecule has 9 heteroatoms. The van der Waals surface area contributed by atoms with Gasteiger partial charge in [-0.15, -0.1) is 11.3 Å². The lowest BCUT2D eigenvalue weighted by molar-refractivity contribution is -0.614. The lowest BCUT2D eigenvalue weighted by Gasteiger charge is -2.06. The number of benzene rings is 1. The number of hydrogen-bond acceptors (Lipinski definition) is 4. The molecule has 0 aliphatic rings. The first-order chi connectivity index (χ1) is 12.8. The molecule has 0 bridgehead atoms. The fourth-order valence-corrected chi connectivity index (χ4v) is 3.30. The molecule has 2 heterocycles. The first-order valence-electron chi connectivity index (χ1n) is 7.86. The maximum absolute atomic E-state index is 12.7. The Hall–Kier alpha value is -2.94. The van der Waals surface area contributed by atoms with E-state index in [-0.39, 0.29) is 12.2 Å². The van der Waals surface area contributed by atoms with E-state index in [9.17, 15) is 23.2 Å². The maximum Gasteiger partial charge on any atom is 0.416 e. The summed E-state index contributed by atoms with van der Waals surface area (Å²) in [6.45, 7) is 1.74. The average Bonchev–Trinajstić information content (AvgIpc) is 3.02. The normalized spacial score (nSPS) is 11.4. The van der Waals surface area contributed by atoms with Gasteiger partial charge in [0.25, 0.3) is 5.91 Å². The molecule has 2 aromatic heterocycles. The van der Waals surface area contributed by atoms with E-state index in [4.69, 9.17) is 0 Å². The van der Waals surface area contributed by atoms with Gasteiger partial charge in [0.15, 0.2) is 6.20 Å². The van der Waals surface area contributed by atoms with Crippen LogP contribution in [-0.4, -0.2) is 10.9 Å². The van der Waals surface area contributed by atoms with Gasteiger partial charge in [-0.25, -0.2) is 4.98 Å². The minimum Gasteiger partial charge on any atom is -0.618 e. The predicted molar refractivity (Wildman–Crippen MR) is 93.9 cm³/mol. The summed E-state index contributed by atoms with van der Waals surface area (Å²) in [5.74, 6) is -0.453. The first-order valence-corrected chi connectivity index (χ1v) is 8.67. The third kappa shape index (κ3) is 4.25. The van der Waals surface area contributed by atoms with Crippen LogP contribution >= 0.6 is 11.3 Å². The number of nitrogens with one attached hydrogen (secondary N) is 1. The van der Waals surface area contributed by atoms with E-state index in [0.717, 1.165) is 12.1 Å². The quantitative estimate of drug-likeness (QED) is 0.543. The summed E-state index contributed by atoms with van der Waals surface area (Å²) >= 11 is 1.21. The van der Waals surface area contributed by atoms with E-state index in [1.165, 1.54) is 29.7 Å². The van der Waals surface area contributed by atoms with Crippen LogP contribution in [0.2, 0.25) is 0 Å². The highest BCUT2D eigenvalue weighted by molar-refractivity contribution is 7.15. The van der Waals surface area contributed by atoms with Crippen LogP contribution in [0.4, 0.5) is 13.2 Å². The molecule has 5 nitrogen and oxygen atoms in total. The largest absolute Gasteiger partial charge is 0.618 e. The zero-order chi connectivity index (χ0) is 19.6.